The molecule has 0 saturated heterocycles. The molecule has 0 fully saturated rings. The van der Waals surface area contributed by atoms with Gasteiger partial charge < -0.3 is 10.6 Å². The molecule has 1 heterocycles. The van der Waals surface area contributed by atoms with Gasteiger partial charge in [0, 0.05) is 33.5 Å². The molecule has 6 aromatic carbocycles. The van der Waals surface area contributed by atoms with Crippen LogP contribution in [0.1, 0.15) is 93.3 Å². The molecule has 2 bridgehead atoms. The number of nitrogen functional groups attached to an aromatic ring is 1. The van der Waals surface area contributed by atoms with Crippen LogP contribution in [0.2, 0.25) is 0 Å². The van der Waals surface area contributed by atoms with Crippen molar-refractivity contribution in [3.63, 3.8) is 0 Å². The zero-order valence-corrected chi connectivity index (χ0v) is 34.3. The van der Waals surface area contributed by atoms with Crippen LogP contribution in [0.3, 0.4) is 0 Å². The Morgan fingerprint density at radius 1 is 0.545 bits per heavy atom. The van der Waals surface area contributed by atoms with E-state index >= 15 is 0 Å². The third kappa shape index (κ3) is 5.31. The lowest BCUT2D eigenvalue weighted by atomic mass is 9.62. The monoisotopic (exact) mass is 714 g/mol. The number of benzene rings is 6. The maximum absolute atomic E-state index is 6.96. The Balaban J connectivity index is 1.51. The minimum atomic E-state index is -0.337. The van der Waals surface area contributed by atoms with Gasteiger partial charge in [0.2, 0.25) is 0 Å². The molecule has 0 unspecified atom stereocenters. The highest BCUT2D eigenvalue weighted by atomic mass is 15.2. The lowest BCUT2D eigenvalue weighted by molar-refractivity contribution is 0.331. The minimum Gasteiger partial charge on any atom is -0.398 e. The van der Waals surface area contributed by atoms with Gasteiger partial charge in [0.1, 0.15) is 15.7 Å². The molecule has 1 aliphatic heterocycles. The fourth-order valence-electron chi connectivity index (χ4n) is 10.1. The third-order valence-corrected chi connectivity index (χ3v) is 13.4. The molecule has 0 aromatic heterocycles. The SMILES string of the molecule is Bc1ccc(N2C3=C(c4c(-c5cc(C)ccc5N)cccc4-c4cc(C)cc2c4B)C(C)(C)c2cc4c(cc23)C(C)(C)CCC4(C)C)c(-c2ccccc2)c1. The third-order valence-electron chi connectivity index (χ3n) is 13.4. The molecular formula is C51H52B2N2. The molecule has 0 saturated carbocycles. The second kappa shape index (κ2) is 12.1. The molecule has 2 nitrogen and oxygen atoms in total. The van der Waals surface area contributed by atoms with E-state index in [-0.39, 0.29) is 16.2 Å². The van der Waals surface area contributed by atoms with Crippen molar-refractivity contribution in [2.45, 2.75) is 84.5 Å². The Labute approximate surface area is 330 Å². The predicted molar refractivity (Wildman–Crippen MR) is 243 cm³/mol. The summed E-state index contributed by atoms with van der Waals surface area (Å²) >= 11 is 0. The van der Waals surface area contributed by atoms with Gasteiger partial charge in [0.05, 0.1) is 11.4 Å². The number of nitrogens with two attached hydrogens (primary N) is 1. The van der Waals surface area contributed by atoms with Gasteiger partial charge in [-0.15, -0.1) is 0 Å². The first-order valence-electron chi connectivity index (χ1n) is 20.1. The van der Waals surface area contributed by atoms with Gasteiger partial charge in [-0.3, -0.25) is 0 Å². The van der Waals surface area contributed by atoms with Crippen molar-refractivity contribution in [3.05, 3.63) is 148 Å². The fraction of sp³-hybridized carbons (Fsp3) is 0.255. The number of hydrogen-bond donors (Lipinski definition) is 1. The van der Waals surface area contributed by atoms with Gasteiger partial charge in [0.15, 0.2) is 0 Å². The molecule has 9 rings (SSSR count). The molecule has 2 N–H and O–H groups in total. The average Bonchev–Trinajstić information content (AvgIpc) is 3.37. The van der Waals surface area contributed by atoms with Gasteiger partial charge in [-0.1, -0.05) is 137 Å². The summed E-state index contributed by atoms with van der Waals surface area (Å²) in [6.45, 7) is 19.2. The topological polar surface area (TPSA) is 29.3 Å². The van der Waals surface area contributed by atoms with E-state index < -0.39 is 0 Å². The lowest BCUT2D eigenvalue weighted by Gasteiger charge is -2.43. The Morgan fingerprint density at radius 2 is 1.20 bits per heavy atom. The highest BCUT2D eigenvalue weighted by molar-refractivity contribution is 6.41. The van der Waals surface area contributed by atoms with Crippen molar-refractivity contribution in [1.29, 1.82) is 0 Å². The van der Waals surface area contributed by atoms with E-state index in [2.05, 4.69) is 185 Å². The summed E-state index contributed by atoms with van der Waals surface area (Å²) in [7, 11) is 4.54. The normalized spacial score (nSPS) is 17.1. The first kappa shape index (κ1) is 35.5. The molecule has 6 aromatic rings. The molecule has 0 radical (unpaired) electrons. The van der Waals surface area contributed by atoms with E-state index in [0.29, 0.717) is 0 Å². The maximum Gasteiger partial charge on any atom is 0.142 e. The molecule has 0 atom stereocenters. The van der Waals surface area contributed by atoms with Crippen molar-refractivity contribution >= 4 is 55.0 Å². The van der Waals surface area contributed by atoms with Crippen LogP contribution in [0, 0.1) is 13.8 Å². The van der Waals surface area contributed by atoms with Crippen molar-refractivity contribution in [1.82, 2.24) is 0 Å². The fourth-order valence-corrected chi connectivity index (χ4v) is 10.1. The number of aryl methyl sites for hydroxylation is 2. The summed E-state index contributed by atoms with van der Waals surface area (Å²) in [6.07, 6.45) is 2.35. The summed E-state index contributed by atoms with van der Waals surface area (Å²) < 4.78 is 0. The molecule has 0 amide bonds. The Kier molecular flexibility index (Phi) is 7.84. The smallest absolute Gasteiger partial charge is 0.142 e. The van der Waals surface area contributed by atoms with Crippen LogP contribution >= 0.6 is 0 Å². The maximum atomic E-state index is 6.96. The van der Waals surface area contributed by atoms with Crippen molar-refractivity contribution in [2.75, 3.05) is 10.6 Å². The zero-order chi connectivity index (χ0) is 38.8. The van der Waals surface area contributed by atoms with Gasteiger partial charge in [-0.2, -0.15) is 0 Å². The van der Waals surface area contributed by atoms with Crippen LogP contribution in [0.15, 0.2) is 109 Å². The molecule has 0 spiro atoms. The lowest BCUT2D eigenvalue weighted by Crippen LogP contribution is -2.34. The van der Waals surface area contributed by atoms with Gasteiger partial charge >= 0.3 is 0 Å². The second-order valence-corrected chi connectivity index (χ2v) is 18.6. The van der Waals surface area contributed by atoms with Crippen LogP contribution in [0.5, 0.6) is 0 Å². The molecular weight excluding hydrogens is 662 g/mol. The Hall–Kier alpha value is -5.21. The van der Waals surface area contributed by atoms with Crippen LogP contribution in [-0.2, 0) is 16.2 Å². The van der Waals surface area contributed by atoms with E-state index in [1.54, 1.807) is 0 Å². The minimum absolute atomic E-state index is 0.0599. The Bertz CT molecular complexity index is 2610. The molecule has 4 heteroatoms. The van der Waals surface area contributed by atoms with Crippen LogP contribution in [-0.4, -0.2) is 15.7 Å². The van der Waals surface area contributed by atoms with Crippen LogP contribution in [0.25, 0.3) is 44.7 Å². The number of anilines is 3. The van der Waals surface area contributed by atoms with E-state index in [1.807, 2.05) is 0 Å². The van der Waals surface area contributed by atoms with Gasteiger partial charge in [-0.25, -0.2) is 0 Å². The van der Waals surface area contributed by atoms with E-state index in [4.69, 9.17) is 5.73 Å². The quantitative estimate of drug-likeness (QED) is 0.146. The highest BCUT2D eigenvalue weighted by Gasteiger charge is 2.47. The summed E-state index contributed by atoms with van der Waals surface area (Å²) in [5.41, 5.74) is 31.9. The highest BCUT2D eigenvalue weighted by Crippen LogP contribution is 2.61. The second-order valence-electron chi connectivity index (χ2n) is 18.6. The first-order valence-corrected chi connectivity index (χ1v) is 20.1. The van der Waals surface area contributed by atoms with Gasteiger partial charge in [0.25, 0.3) is 0 Å². The van der Waals surface area contributed by atoms with Crippen molar-refractivity contribution in [2.24, 2.45) is 0 Å². The van der Waals surface area contributed by atoms with Crippen molar-refractivity contribution < 1.29 is 0 Å². The van der Waals surface area contributed by atoms with E-state index in [9.17, 15) is 0 Å². The number of fused-ring (bicyclic) bond motifs is 8. The molecule has 2 aliphatic carbocycles. The largest absolute Gasteiger partial charge is 0.398 e. The van der Waals surface area contributed by atoms with E-state index in [0.717, 1.165) is 11.3 Å². The van der Waals surface area contributed by atoms with E-state index in [1.165, 1.54) is 113 Å². The van der Waals surface area contributed by atoms with Crippen LogP contribution in [0.4, 0.5) is 17.1 Å². The van der Waals surface area contributed by atoms with Crippen LogP contribution < -0.4 is 21.6 Å². The number of hydrogen-bond acceptors (Lipinski definition) is 2. The number of allylic oxidation sites excluding steroid dienone is 1. The van der Waals surface area contributed by atoms with Crippen molar-refractivity contribution in [3.8, 4) is 33.4 Å². The summed E-state index contributed by atoms with van der Waals surface area (Å²) in [5, 5.41) is 0. The molecule has 3 aliphatic rings. The Morgan fingerprint density at radius 3 is 1.91 bits per heavy atom. The summed E-state index contributed by atoms with van der Waals surface area (Å²) in [4.78, 5) is 2.66. The molecule has 272 valence electrons. The average molecular weight is 715 g/mol. The zero-order valence-electron chi connectivity index (χ0n) is 34.3. The first-order chi connectivity index (χ1) is 26.1. The number of nitrogens with zero attached hydrogens (tertiary/aromatic N) is 1. The van der Waals surface area contributed by atoms with Gasteiger partial charge in [-0.05, 0) is 123 Å². The summed E-state index contributed by atoms with van der Waals surface area (Å²) in [6, 6.07) is 41.4. The predicted octanol–water partition coefficient (Wildman–Crippen LogP) is 10.1. The molecule has 55 heavy (non-hydrogen) atoms. The summed E-state index contributed by atoms with van der Waals surface area (Å²) in [5.74, 6) is 0. The standard InChI is InChI=1S/C51H52B2N2/c1-29-17-19-42(54)36(23-29)33-15-12-16-34-37-24-30(2)25-44(47(37)53)55(43-20-18-32(52)26-35(43)31-13-10-9-11-14-31)48-38-27-40-41(50(5,6)22-21-49(40,3)4)28-39(38)51(7,8)46(48)45(33)34/h9-20,23-28H,21-22,52-54H2,1-8H3. The number of rotatable bonds is 3.